The number of nitrogens with one attached hydrogen (secondary N) is 3. The third-order valence-corrected chi connectivity index (χ3v) is 6.11. The van der Waals surface area contributed by atoms with Crippen LogP contribution in [0.2, 0.25) is 0 Å². The van der Waals surface area contributed by atoms with Crippen molar-refractivity contribution < 1.29 is 9.18 Å². The second-order valence-corrected chi connectivity index (χ2v) is 8.53. The molecule has 0 spiro atoms. The number of halogens is 1. The van der Waals surface area contributed by atoms with Crippen LogP contribution in [0.3, 0.4) is 0 Å². The Hall–Kier alpha value is -4.50. The molecule has 172 valence electrons. The minimum absolute atomic E-state index is 0.0513. The van der Waals surface area contributed by atoms with Crippen molar-refractivity contribution in [2.75, 3.05) is 5.43 Å². The van der Waals surface area contributed by atoms with Gasteiger partial charge in [-0.25, -0.2) is 9.37 Å². The monoisotopic (exact) mass is 482 g/mol. The van der Waals surface area contributed by atoms with E-state index in [2.05, 4.69) is 31.0 Å². The molecule has 5 rings (SSSR count). The Labute approximate surface area is 204 Å². The lowest BCUT2D eigenvalue weighted by atomic mass is 10.2. The SMILES string of the molecule is O=C(NNc1ccccn1)c1c(F)cccc1Sc1ccc2c(/C=C/c3ccccn3)n[nH]c2c1. The highest BCUT2D eigenvalue weighted by Gasteiger charge is 2.18. The average Bonchev–Trinajstić information content (AvgIpc) is 3.29. The van der Waals surface area contributed by atoms with Crippen molar-refractivity contribution in [2.24, 2.45) is 0 Å². The van der Waals surface area contributed by atoms with Gasteiger partial charge in [-0.05, 0) is 66.7 Å². The van der Waals surface area contributed by atoms with Gasteiger partial charge in [0.2, 0.25) is 0 Å². The van der Waals surface area contributed by atoms with Crippen molar-refractivity contribution in [1.82, 2.24) is 25.6 Å². The smallest absolute Gasteiger partial charge is 0.273 e. The zero-order chi connectivity index (χ0) is 24.0. The molecule has 0 atom stereocenters. The normalized spacial score (nSPS) is 11.1. The van der Waals surface area contributed by atoms with E-state index in [1.807, 2.05) is 48.6 Å². The molecule has 0 radical (unpaired) electrons. The number of carbonyl (C=O) groups is 1. The summed E-state index contributed by atoms with van der Waals surface area (Å²) in [5.41, 5.74) is 7.61. The number of aromatic amines is 1. The number of fused-ring (bicyclic) bond motifs is 1. The van der Waals surface area contributed by atoms with Gasteiger partial charge in [-0.1, -0.05) is 30.0 Å². The van der Waals surface area contributed by atoms with E-state index in [0.717, 1.165) is 27.2 Å². The Bertz CT molecular complexity index is 1500. The highest BCUT2D eigenvalue weighted by molar-refractivity contribution is 7.99. The standard InChI is InChI=1S/C26H19FN6OS/c27-20-7-5-8-23(25(20)26(34)33-32-24-9-2-4-15-29-24)35-18-11-12-19-21(30-31-22(19)16-18)13-10-17-6-1-3-14-28-17/h1-16H,(H,29,32)(H,30,31)(H,33,34)/b13-10+. The summed E-state index contributed by atoms with van der Waals surface area (Å²) in [4.78, 5) is 22.4. The lowest BCUT2D eigenvalue weighted by molar-refractivity contribution is 0.0955. The maximum Gasteiger partial charge on any atom is 0.273 e. The van der Waals surface area contributed by atoms with Crippen LogP contribution in [0.15, 0.2) is 95.0 Å². The number of nitrogens with zero attached hydrogens (tertiary/aromatic N) is 3. The summed E-state index contributed by atoms with van der Waals surface area (Å²) in [7, 11) is 0. The van der Waals surface area contributed by atoms with Crippen LogP contribution in [0.1, 0.15) is 21.7 Å². The molecule has 0 bridgehead atoms. The minimum atomic E-state index is -0.611. The number of rotatable bonds is 7. The number of aromatic nitrogens is 4. The van der Waals surface area contributed by atoms with Crippen LogP contribution >= 0.6 is 11.8 Å². The minimum Gasteiger partial charge on any atom is -0.282 e. The fourth-order valence-electron chi connectivity index (χ4n) is 3.41. The van der Waals surface area contributed by atoms with E-state index in [0.29, 0.717) is 10.7 Å². The van der Waals surface area contributed by atoms with Crippen molar-refractivity contribution in [1.29, 1.82) is 0 Å². The third kappa shape index (κ3) is 5.20. The maximum absolute atomic E-state index is 14.7. The quantitative estimate of drug-likeness (QED) is 0.263. The number of H-pyrrole nitrogens is 1. The van der Waals surface area contributed by atoms with Crippen molar-refractivity contribution in [2.45, 2.75) is 9.79 Å². The number of amides is 1. The van der Waals surface area contributed by atoms with Gasteiger partial charge in [0.25, 0.3) is 5.91 Å². The summed E-state index contributed by atoms with van der Waals surface area (Å²) in [5, 5.41) is 8.36. The molecule has 9 heteroatoms. The summed E-state index contributed by atoms with van der Waals surface area (Å²) in [5.74, 6) is -0.760. The first-order valence-electron chi connectivity index (χ1n) is 10.7. The Balaban J connectivity index is 1.36. The Morgan fingerprint density at radius 2 is 1.80 bits per heavy atom. The van der Waals surface area contributed by atoms with Gasteiger partial charge in [-0.15, -0.1) is 0 Å². The van der Waals surface area contributed by atoms with Gasteiger partial charge in [0, 0.05) is 27.6 Å². The lowest BCUT2D eigenvalue weighted by Gasteiger charge is -2.12. The van der Waals surface area contributed by atoms with Gasteiger partial charge in [0.1, 0.15) is 11.6 Å². The molecule has 0 unspecified atom stereocenters. The largest absolute Gasteiger partial charge is 0.282 e. The first kappa shape index (κ1) is 22.3. The van der Waals surface area contributed by atoms with E-state index in [-0.39, 0.29) is 5.56 Å². The summed E-state index contributed by atoms with van der Waals surface area (Å²) in [6, 6.07) is 21.3. The number of carbonyl (C=O) groups excluding carboxylic acids is 1. The number of benzene rings is 2. The summed E-state index contributed by atoms with van der Waals surface area (Å²) < 4.78 is 14.7. The summed E-state index contributed by atoms with van der Waals surface area (Å²) >= 11 is 1.29. The van der Waals surface area contributed by atoms with Crippen molar-refractivity contribution >= 4 is 46.5 Å². The van der Waals surface area contributed by atoms with Crippen LogP contribution in [0.4, 0.5) is 10.2 Å². The van der Waals surface area contributed by atoms with E-state index in [1.165, 1.54) is 17.8 Å². The van der Waals surface area contributed by atoms with Gasteiger partial charge < -0.3 is 0 Å². The number of hydrogen-bond donors (Lipinski definition) is 3. The zero-order valence-corrected chi connectivity index (χ0v) is 19.1. The van der Waals surface area contributed by atoms with Crippen molar-refractivity contribution in [3.63, 3.8) is 0 Å². The number of anilines is 1. The Morgan fingerprint density at radius 1 is 0.943 bits per heavy atom. The number of hydrazine groups is 1. The van der Waals surface area contributed by atoms with Gasteiger partial charge >= 0.3 is 0 Å². The molecule has 0 saturated carbocycles. The average molecular weight is 483 g/mol. The molecule has 3 heterocycles. The van der Waals surface area contributed by atoms with Gasteiger partial charge in [0.05, 0.1) is 22.5 Å². The number of hydrogen-bond acceptors (Lipinski definition) is 6. The van der Waals surface area contributed by atoms with Gasteiger partial charge in [-0.2, -0.15) is 5.10 Å². The van der Waals surface area contributed by atoms with Gasteiger partial charge in [-0.3, -0.25) is 25.7 Å². The second kappa shape index (κ2) is 10.2. The topological polar surface area (TPSA) is 95.6 Å². The fourth-order valence-corrected chi connectivity index (χ4v) is 4.41. The predicted molar refractivity (Wildman–Crippen MR) is 135 cm³/mol. The van der Waals surface area contributed by atoms with E-state index in [9.17, 15) is 9.18 Å². The number of pyridine rings is 2. The Morgan fingerprint density at radius 3 is 2.60 bits per heavy atom. The molecule has 7 nitrogen and oxygen atoms in total. The third-order valence-electron chi connectivity index (χ3n) is 5.06. The van der Waals surface area contributed by atoms with Crippen LogP contribution < -0.4 is 10.9 Å². The molecule has 0 aliphatic carbocycles. The summed E-state index contributed by atoms with van der Waals surface area (Å²) in [6.45, 7) is 0. The molecule has 3 N–H and O–H groups in total. The van der Waals surface area contributed by atoms with Crippen molar-refractivity contribution in [3.8, 4) is 0 Å². The molecule has 5 aromatic rings. The fraction of sp³-hybridized carbons (Fsp3) is 0. The molecule has 35 heavy (non-hydrogen) atoms. The van der Waals surface area contributed by atoms with Crippen LogP contribution in [0, 0.1) is 5.82 Å². The van der Waals surface area contributed by atoms with E-state index < -0.39 is 11.7 Å². The highest BCUT2D eigenvalue weighted by atomic mass is 32.2. The first-order chi connectivity index (χ1) is 17.2. The molecule has 3 aromatic heterocycles. The molecule has 0 aliphatic rings. The second-order valence-electron chi connectivity index (χ2n) is 7.41. The molecule has 0 aliphatic heterocycles. The Kier molecular flexibility index (Phi) is 6.49. The van der Waals surface area contributed by atoms with E-state index in [1.54, 1.807) is 42.7 Å². The van der Waals surface area contributed by atoms with E-state index in [4.69, 9.17) is 0 Å². The molecular formula is C26H19FN6OS. The molecule has 1 amide bonds. The van der Waals surface area contributed by atoms with Gasteiger partial charge in [0.15, 0.2) is 0 Å². The molecule has 2 aromatic carbocycles. The predicted octanol–water partition coefficient (Wildman–Crippen LogP) is 5.57. The molecular weight excluding hydrogens is 463 g/mol. The van der Waals surface area contributed by atoms with Crippen molar-refractivity contribution in [3.05, 3.63) is 108 Å². The summed E-state index contributed by atoms with van der Waals surface area (Å²) in [6.07, 6.45) is 7.12. The van der Waals surface area contributed by atoms with Crippen LogP contribution in [-0.4, -0.2) is 26.1 Å². The highest BCUT2D eigenvalue weighted by Crippen LogP contribution is 2.33. The molecule has 0 fully saturated rings. The van der Waals surface area contributed by atoms with E-state index >= 15 is 0 Å². The maximum atomic E-state index is 14.7. The molecule has 0 saturated heterocycles. The first-order valence-corrected chi connectivity index (χ1v) is 11.5. The zero-order valence-electron chi connectivity index (χ0n) is 18.3. The van der Waals surface area contributed by atoms with Crippen LogP contribution in [0.25, 0.3) is 23.1 Å². The van der Waals surface area contributed by atoms with Crippen LogP contribution in [0.5, 0.6) is 0 Å². The van der Waals surface area contributed by atoms with Crippen LogP contribution in [-0.2, 0) is 0 Å². The lowest BCUT2D eigenvalue weighted by Crippen LogP contribution is -2.30.